The monoisotopic (exact) mass is 466 g/mol. The van der Waals surface area contributed by atoms with Crippen molar-refractivity contribution >= 4 is 11.9 Å². The molecule has 33 heavy (non-hydrogen) atoms. The summed E-state index contributed by atoms with van der Waals surface area (Å²) in [5, 5.41) is 0. The van der Waals surface area contributed by atoms with Gasteiger partial charge in [-0.1, -0.05) is 116 Å². The van der Waals surface area contributed by atoms with Crippen molar-refractivity contribution in [1.82, 2.24) is 0 Å². The highest BCUT2D eigenvalue weighted by Gasteiger charge is 2.38. The Morgan fingerprint density at radius 1 is 0.636 bits per heavy atom. The van der Waals surface area contributed by atoms with Crippen LogP contribution in [-0.4, -0.2) is 24.6 Å². The van der Waals surface area contributed by atoms with Gasteiger partial charge in [0.05, 0.1) is 24.5 Å². The lowest BCUT2D eigenvalue weighted by Gasteiger charge is -2.28. The van der Waals surface area contributed by atoms with Gasteiger partial charge in [-0.25, -0.2) is 0 Å². The maximum Gasteiger partial charge on any atom is 0.310 e. The number of carbonyl (C=O) groups is 2. The van der Waals surface area contributed by atoms with Crippen LogP contribution in [0, 0.1) is 11.8 Å². The molecule has 2 unspecified atom stereocenters. The van der Waals surface area contributed by atoms with E-state index < -0.39 is 0 Å². The minimum absolute atomic E-state index is 0.138. The Bertz CT molecular complexity index is 488. The molecule has 1 saturated carbocycles. The predicted octanol–water partition coefficient (Wildman–Crippen LogP) is 8.55. The Morgan fingerprint density at radius 3 is 1.45 bits per heavy atom. The van der Waals surface area contributed by atoms with Gasteiger partial charge in [0.2, 0.25) is 0 Å². The van der Waals surface area contributed by atoms with Crippen molar-refractivity contribution in [1.29, 1.82) is 0 Å². The highest BCUT2D eigenvalue weighted by Crippen LogP contribution is 2.32. The number of hydrogen-bond acceptors (Lipinski definition) is 4. The molecule has 0 bridgehead atoms. The molecule has 0 radical (unpaired) electrons. The van der Waals surface area contributed by atoms with Gasteiger partial charge in [-0.2, -0.15) is 0 Å². The topological polar surface area (TPSA) is 52.6 Å². The third-order valence-corrected chi connectivity index (χ3v) is 6.97. The standard InChI is InChI=1S/C29H54O4/c1-4-5-6-7-8-9-10-11-12-13-14-15-16-17-18-21-24-32-28(30)26-22-19-20-23-27(26)29(31)33-25(2)3/h25-27H,4-24H2,1-3H3. The van der Waals surface area contributed by atoms with E-state index in [4.69, 9.17) is 9.47 Å². The Morgan fingerprint density at radius 2 is 1.03 bits per heavy atom. The molecule has 2 atom stereocenters. The van der Waals surface area contributed by atoms with Gasteiger partial charge in [0.1, 0.15) is 0 Å². The molecule has 4 heteroatoms. The van der Waals surface area contributed by atoms with E-state index in [-0.39, 0.29) is 29.9 Å². The second kappa shape index (κ2) is 20.3. The van der Waals surface area contributed by atoms with Crippen LogP contribution in [0.4, 0.5) is 0 Å². The average molecular weight is 467 g/mol. The Balaban J connectivity index is 1.94. The molecule has 0 aromatic rings. The van der Waals surface area contributed by atoms with Crippen molar-refractivity contribution in [3.05, 3.63) is 0 Å². The maximum atomic E-state index is 12.5. The van der Waals surface area contributed by atoms with Gasteiger partial charge in [0, 0.05) is 0 Å². The molecule has 1 rings (SSSR count). The molecule has 194 valence electrons. The van der Waals surface area contributed by atoms with Gasteiger partial charge < -0.3 is 9.47 Å². The van der Waals surface area contributed by atoms with Crippen molar-refractivity contribution in [2.24, 2.45) is 11.8 Å². The zero-order valence-electron chi connectivity index (χ0n) is 22.2. The van der Waals surface area contributed by atoms with Crippen LogP contribution in [0.1, 0.15) is 149 Å². The Hall–Kier alpha value is -1.06. The fraction of sp³-hybridized carbons (Fsp3) is 0.931. The number of ether oxygens (including phenoxy) is 2. The van der Waals surface area contributed by atoms with Crippen LogP contribution in [0.3, 0.4) is 0 Å². The van der Waals surface area contributed by atoms with Crippen molar-refractivity contribution in [2.75, 3.05) is 6.61 Å². The number of carbonyl (C=O) groups excluding carboxylic acids is 2. The van der Waals surface area contributed by atoms with E-state index in [1.165, 1.54) is 89.9 Å². The first-order valence-corrected chi connectivity index (χ1v) is 14.4. The van der Waals surface area contributed by atoms with Gasteiger partial charge in [0.15, 0.2) is 0 Å². The molecular weight excluding hydrogens is 412 g/mol. The van der Waals surface area contributed by atoms with Crippen molar-refractivity contribution in [3.63, 3.8) is 0 Å². The van der Waals surface area contributed by atoms with Gasteiger partial charge >= 0.3 is 11.9 Å². The second-order valence-corrected chi connectivity index (χ2v) is 10.5. The van der Waals surface area contributed by atoms with E-state index in [0.29, 0.717) is 6.61 Å². The third-order valence-electron chi connectivity index (χ3n) is 6.97. The van der Waals surface area contributed by atoms with Crippen molar-refractivity contribution in [2.45, 2.75) is 155 Å². The van der Waals surface area contributed by atoms with Crippen LogP contribution in [0.5, 0.6) is 0 Å². The number of unbranched alkanes of at least 4 members (excludes halogenated alkanes) is 15. The molecule has 0 saturated heterocycles. The van der Waals surface area contributed by atoms with Crippen LogP contribution in [0.25, 0.3) is 0 Å². The lowest BCUT2D eigenvalue weighted by Crippen LogP contribution is -2.36. The summed E-state index contributed by atoms with van der Waals surface area (Å²) < 4.78 is 10.9. The fourth-order valence-corrected chi connectivity index (χ4v) is 4.94. The van der Waals surface area contributed by atoms with E-state index in [9.17, 15) is 9.59 Å². The van der Waals surface area contributed by atoms with E-state index in [2.05, 4.69) is 6.92 Å². The summed E-state index contributed by atoms with van der Waals surface area (Å²) in [5.74, 6) is -1.05. The molecular formula is C29H54O4. The smallest absolute Gasteiger partial charge is 0.310 e. The molecule has 0 spiro atoms. The molecule has 0 aliphatic heterocycles. The first-order chi connectivity index (χ1) is 16.1. The Labute approximate surface area is 205 Å². The maximum absolute atomic E-state index is 12.5. The second-order valence-electron chi connectivity index (χ2n) is 10.5. The molecule has 0 amide bonds. The summed E-state index contributed by atoms with van der Waals surface area (Å²) >= 11 is 0. The number of hydrogen-bond donors (Lipinski definition) is 0. The molecule has 0 aromatic carbocycles. The third kappa shape index (κ3) is 15.5. The van der Waals surface area contributed by atoms with Crippen LogP contribution in [-0.2, 0) is 19.1 Å². The highest BCUT2D eigenvalue weighted by molar-refractivity contribution is 5.82. The molecule has 0 heterocycles. The van der Waals surface area contributed by atoms with E-state index in [1.807, 2.05) is 13.8 Å². The molecule has 0 N–H and O–H groups in total. The van der Waals surface area contributed by atoms with E-state index in [1.54, 1.807) is 0 Å². The average Bonchev–Trinajstić information content (AvgIpc) is 2.80. The van der Waals surface area contributed by atoms with Gasteiger partial charge in [-0.15, -0.1) is 0 Å². The number of esters is 2. The SMILES string of the molecule is CCCCCCCCCCCCCCCCCCOC(=O)C1CCCCC1C(=O)OC(C)C. The van der Waals surface area contributed by atoms with Crippen LogP contribution in [0.2, 0.25) is 0 Å². The quantitative estimate of drug-likeness (QED) is 0.133. The van der Waals surface area contributed by atoms with E-state index in [0.717, 1.165) is 38.5 Å². The molecule has 0 aromatic heterocycles. The molecule has 1 aliphatic rings. The summed E-state index contributed by atoms with van der Waals surface area (Å²) in [6, 6.07) is 0. The van der Waals surface area contributed by atoms with Crippen molar-refractivity contribution in [3.8, 4) is 0 Å². The zero-order valence-corrected chi connectivity index (χ0v) is 22.2. The molecule has 1 aliphatic carbocycles. The minimum Gasteiger partial charge on any atom is -0.465 e. The molecule has 1 fully saturated rings. The summed E-state index contributed by atoms with van der Waals surface area (Å²) in [4.78, 5) is 24.9. The lowest BCUT2D eigenvalue weighted by molar-refractivity contribution is -0.165. The van der Waals surface area contributed by atoms with E-state index >= 15 is 0 Å². The first-order valence-electron chi connectivity index (χ1n) is 14.4. The number of rotatable bonds is 20. The Kier molecular flexibility index (Phi) is 18.5. The highest BCUT2D eigenvalue weighted by atomic mass is 16.5. The summed E-state index contributed by atoms with van der Waals surface area (Å²) in [7, 11) is 0. The normalized spacial score (nSPS) is 18.4. The summed E-state index contributed by atoms with van der Waals surface area (Å²) in [6.07, 6.45) is 24.7. The van der Waals surface area contributed by atoms with Crippen LogP contribution >= 0.6 is 0 Å². The van der Waals surface area contributed by atoms with Crippen molar-refractivity contribution < 1.29 is 19.1 Å². The lowest BCUT2D eigenvalue weighted by atomic mass is 9.79. The fourth-order valence-electron chi connectivity index (χ4n) is 4.94. The predicted molar refractivity (Wildman–Crippen MR) is 137 cm³/mol. The largest absolute Gasteiger partial charge is 0.465 e. The van der Waals surface area contributed by atoms with Gasteiger partial charge in [-0.3, -0.25) is 9.59 Å². The van der Waals surface area contributed by atoms with Crippen LogP contribution in [0.15, 0.2) is 0 Å². The zero-order chi connectivity index (χ0) is 24.2. The minimum atomic E-state index is -0.320. The first kappa shape index (κ1) is 30.0. The van der Waals surface area contributed by atoms with Gasteiger partial charge in [-0.05, 0) is 33.1 Å². The van der Waals surface area contributed by atoms with Crippen LogP contribution < -0.4 is 0 Å². The summed E-state index contributed by atoms with van der Waals surface area (Å²) in [5.41, 5.74) is 0. The summed E-state index contributed by atoms with van der Waals surface area (Å²) in [6.45, 7) is 6.47. The van der Waals surface area contributed by atoms with Gasteiger partial charge in [0.25, 0.3) is 0 Å². The molecule has 4 nitrogen and oxygen atoms in total.